The van der Waals surface area contributed by atoms with Crippen LogP contribution in [0.2, 0.25) is 0 Å². The second-order valence-corrected chi connectivity index (χ2v) is 3.18. The lowest BCUT2D eigenvalue weighted by atomic mass is 10.2. The van der Waals surface area contributed by atoms with Crippen molar-refractivity contribution in [1.29, 1.82) is 0 Å². The summed E-state index contributed by atoms with van der Waals surface area (Å²) < 4.78 is 1.57. The first-order chi connectivity index (χ1) is 7.16. The van der Waals surface area contributed by atoms with Crippen LogP contribution in [0.3, 0.4) is 0 Å². The lowest BCUT2D eigenvalue weighted by Crippen LogP contribution is -2.16. The highest BCUT2D eigenvalue weighted by Gasteiger charge is 2.15. The number of pyridine rings is 1. The molecule has 2 aromatic rings. The van der Waals surface area contributed by atoms with Gasteiger partial charge in [0.15, 0.2) is 11.5 Å². The third-order valence-electron chi connectivity index (χ3n) is 1.98. The Morgan fingerprint density at radius 2 is 2.40 bits per heavy atom. The van der Waals surface area contributed by atoms with Crippen LogP contribution in [0.25, 0.3) is 5.65 Å². The van der Waals surface area contributed by atoms with Gasteiger partial charge in [-0.25, -0.2) is 9.50 Å². The standard InChI is InChI=1S/C9H10N4O2/c10-6(5-8(14)15)9-11-7-3-1-2-4-13(7)12-9/h1-4,6H,5,10H2,(H,14,15). The molecule has 0 aliphatic carbocycles. The molecule has 0 amide bonds. The van der Waals surface area contributed by atoms with Crippen LogP contribution in [-0.4, -0.2) is 25.7 Å². The zero-order valence-electron chi connectivity index (χ0n) is 7.87. The molecule has 2 rings (SSSR count). The number of carbonyl (C=O) groups is 1. The van der Waals surface area contributed by atoms with Gasteiger partial charge in [0.1, 0.15) is 0 Å². The summed E-state index contributed by atoms with van der Waals surface area (Å²) in [5.74, 6) is -0.607. The zero-order chi connectivity index (χ0) is 10.8. The lowest BCUT2D eigenvalue weighted by molar-refractivity contribution is -0.137. The van der Waals surface area contributed by atoms with E-state index in [4.69, 9.17) is 10.8 Å². The number of hydrogen-bond donors (Lipinski definition) is 2. The van der Waals surface area contributed by atoms with E-state index in [2.05, 4.69) is 10.1 Å². The van der Waals surface area contributed by atoms with Crippen LogP contribution in [0.15, 0.2) is 24.4 Å². The van der Waals surface area contributed by atoms with E-state index >= 15 is 0 Å². The van der Waals surface area contributed by atoms with Crippen LogP contribution in [0.1, 0.15) is 18.3 Å². The van der Waals surface area contributed by atoms with E-state index in [0.29, 0.717) is 11.5 Å². The summed E-state index contributed by atoms with van der Waals surface area (Å²) >= 11 is 0. The smallest absolute Gasteiger partial charge is 0.305 e. The third-order valence-corrected chi connectivity index (χ3v) is 1.98. The minimum absolute atomic E-state index is 0.170. The highest BCUT2D eigenvalue weighted by molar-refractivity contribution is 5.67. The minimum Gasteiger partial charge on any atom is -0.481 e. The van der Waals surface area contributed by atoms with Gasteiger partial charge in [-0.2, -0.15) is 0 Å². The van der Waals surface area contributed by atoms with E-state index in [-0.39, 0.29) is 6.42 Å². The molecule has 0 bridgehead atoms. The van der Waals surface area contributed by atoms with E-state index < -0.39 is 12.0 Å². The van der Waals surface area contributed by atoms with Crippen LogP contribution in [0.5, 0.6) is 0 Å². The molecule has 0 saturated heterocycles. The number of nitrogens with zero attached hydrogens (tertiary/aromatic N) is 3. The van der Waals surface area contributed by atoms with Crippen molar-refractivity contribution in [2.24, 2.45) is 5.73 Å². The average molecular weight is 206 g/mol. The van der Waals surface area contributed by atoms with Gasteiger partial charge in [0, 0.05) is 6.20 Å². The van der Waals surface area contributed by atoms with Crippen molar-refractivity contribution >= 4 is 11.6 Å². The van der Waals surface area contributed by atoms with Crippen LogP contribution < -0.4 is 5.73 Å². The van der Waals surface area contributed by atoms with Gasteiger partial charge in [-0.15, -0.1) is 5.10 Å². The van der Waals surface area contributed by atoms with Crippen molar-refractivity contribution in [1.82, 2.24) is 14.6 Å². The van der Waals surface area contributed by atoms with Gasteiger partial charge in [0.05, 0.1) is 12.5 Å². The molecule has 0 spiro atoms. The van der Waals surface area contributed by atoms with Gasteiger partial charge in [-0.05, 0) is 12.1 Å². The maximum absolute atomic E-state index is 10.5. The number of aromatic nitrogens is 3. The first-order valence-corrected chi connectivity index (χ1v) is 4.45. The molecule has 0 aliphatic heterocycles. The molecule has 6 nitrogen and oxygen atoms in total. The second-order valence-electron chi connectivity index (χ2n) is 3.18. The van der Waals surface area contributed by atoms with Crippen molar-refractivity contribution in [3.05, 3.63) is 30.2 Å². The Balaban J connectivity index is 2.32. The number of carboxylic acid groups (broad SMARTS) is 1. The Kier molecular flexibility index (Phi) is 2.34. The number of fused-ring (bicyclic) bond motifs is 1. The summed E-state index contributed by atoms with van der Waals surface area (Å²) in [6.45, 7) is 0. The minimum atomic E-state index is -0.957. The molecule has 1 unspecified atom stereocenters. The number of rotatable bonds is 3. The summed E-state index contributed by atoms with van der Waals surface area (Å²) in [7, 11) is 0. The molecule has 1 atom stereocenters. The highest BCUT2D eigenvalue weighted by Crippen LogP contribution is 2.10. The monoisotopic (exact) mass is 206 g/mol. The summed E-state index contributed by atoms with van der Waals surface area (Å²) in [5.41, 5.74) is 6.30. The Bertz CT molecular complexity index is 461. The topological polar surface area (TPSA) is 93.5 Å². The Morgan fingerprint density at radius 1 is 1.60 bits per heavy atom. The van der Waals surface area contributed by atoms with Crippen molar-refractivity contribution in [3.8, 4) is 0 Å². The second kappa shape index (κ2) is 3.66. The van der Waals surface area contributed by atoms with Gasteiger partial charge in [0.2, 0.25) is 0 Å². The van der Waals surface area contributed by atoms with Gasteiger partial charge in [-0.1, -0.05) is 6.07 Å². The van der Waals surface area contributed by atoms with Crippen molar-refractivity contribution < 1.29 is 9.90 Å². The molecular weight excluding hydrogens is 196 g/mol. The van der Waals surface area contributed by atoms with Gasteiger partial charge >= 0.3 is 5.97 Å². The highest BCUT2D eigenvalue weighted by atomic mass is 16.4. The summed E-state index contributed by atoms with van der Waals surface area (Å²) in [5, 5.41) is 12.7. The Labute approximate surface area is 85.3 Å². The Hall–Kier alpha value is -1.95. The van der Waals surface area contributed by atoms with Gasteiger partial charge < -0.3 is 10.8 Å². The molecule has 6 heteroatoms. The van der Waals surface area contributed by atoms with Gasteiger partial charge in [0.25, 0.3) is 0 Å². The zero-order valence-corrected chi connectivity index (χ0v) is 7.87. The van der Waals surface area contributed by atoms with E-state index in [0.717, 1.165) is 0 Å². The maximum atomic E-state index is 10.5. The predicted molar refractivity (Wildman–Crippen MR) is 52.2 cm³/mol. The summed E-state index contributed by atoms with van der Waals surface area (Å²) in [6, 6.07) is 4.76. The van der Waals surface area contributed by atoms with E-state index in [9.17, 15) is 4.79 Å². The molecule has 15 heavy (non-hydrogen) atoms. The van der Waals surface area contributed by atoms with Crippen molar-refractivity contribution in [2.45, 2.75) is 12.5 Å². The number of nitrogens with two attached hydrogens (primary N) is 1. The number of hydrogen-bond acceptors (Lipinski definition) is 4. The molecule has 0 saturated carbocycles. The van der Waals surface area contributed by atoms with E-state index in [1.807, 2.05) is 12.1 Å². The van der Waals surface area contributed by atoms with Crippen LogP contribution in [0, 0.1) is 0 Å². The molecule has 0 aliphatic rings. The third kappa shape index (κ3) is 1.94. The molecule has 3 N–H and O–H groups in total. The summed E-state index contributed by atoms with van der Waals surface area (Å²) in [4.78, 5) is 14.6. The van der Waals surface area contributed by atoms with Crippen LogP contribution >= 0.6 is 0 Å². The first kappa shape index (κ1) is 9.60. The molecule has 0 aromatic carbocycles. The predicted octanol–water partition coefficient (Wildman–Crippen LogP) is 0.204. The van der Waals surface area contributed by atoms with Crippen molar-refractivity contribution in [3.63, 3.8) is 0 Å². The van der Waals surface area contributed by atoms with Crippen LogP contribution in [0.4, 0.5) is 0 Å². The largest absolute Gasteiger partial charge is 0.481 e. The van der Waals surface area contributed by atoms with Crippen LogP contribution in [-0.2, 0) is 4.79 Å². The lowest BCUT2D eigenvalue weighted by Gasteiger charge is -2.01. The van der Waals surface area contributed by atoms with E-state index in [1.54, 1.807) is 16.8 Å². The molecule has 78 valence electrons. The molecule has 2 aromatic heterocycles. The Morgan fingerprint density at radius 3 is 3.07 bits per heavy atom. The number of aliphatic carboxylic acids is 1. The quantitative estimate of drug-likeness (QED) is 0.748. The van der Waals surface area contributed by atoms with Gasteiger partial charge in [-0.3, -0.25) is 4.79 Å². The van der Waals surface area contributed by atoms with E-state index in [1.165, 1.54) is 0 Å². The molecule has 0 radical (unpaired) electrons. The number of carboxylic acids is 1. The normalized spacial score (nSPS) is 12.9. The fourth-order valence-corrected chi connectivity index (χ4v) is 1.29. The fraction of sp³-hybridized carbons (Fsp3) is 0.222. The molecule has 0 fully saturated rings. The SMILES string of the molecule is NC(CC(=O)O)c1nc2ccccn2n1. The average Bonchev–Trinajstić information content (AvgIpc) is 2.59. The molecular formula is C9H10N4O2. The fourth-order valence-electron chi connectivity index (χ4n) is 1.29. The molecule has 2 heterocycles. The van der Waals surface area contributed by atoms with Crippen molar-refractivity contribution in [2.75, 3.05) is 0 Å². The first-order valence-electron chi connectivity index (χ1n) is 4.45. The summed E-state index contributed by atoms with van der Waals surface area (Å²) in [6.07, 6.45) is 1.57. The maximum Gasteiger partial charge on any atom is 0.305 e.